The fourth-order valence-corrected chi connectivity index (χ4v) is 2.24. The SMILES string of the molecule is CC1CCN(c2c(F)cc(F)cc2F)CCCN1. The molecule has 0 radical (unpaired) electrons. The number of hydrogen-bond donors (Lipinski definition) is 1. The van der Waals surface area contributed by atoms with Crippen molar-refractivity contribution in [2.75, 3.05) is 24.5 Å². The first-order valence-corrected chi connectivity index (χ1v) is 6.21. The van der Waals surface area contributed by atoms with Gasteiger partial charge in [0.2, 0.25) is 0 Å². The fraction of sp³-hybridized carbons (Fsp3) is 0.538. The molecular weight excluding hydrogens is 241 g/mol. The maximum atomic E-state index is 13.7. The Morgan fingerprint density at radius 3 is 2.50 bits per heavy atom. The van der Waals surface area contributed by atoms with Gasteiger partial charge in [0.05, 0.1) is 0 Å². The summed E-state index contributed by atoms with van der Waals surface area (Å²) >= 11 is 0. The molecule has 5 heteroatoms. The highest BCUT2D eigenvalue weighted by molar-refractivity contribution is 5.49. The van der Waals surface area contributed by atoms with E-state index in [4.69, 9.17) is 0 Å². The van der Waals surface area contributed by atoms with Crippen molar-refractivity contribution in [1.82, 2.24) is 5.32 Å². The second kappa shape index (κ2) is 5.61. The van der Waals surface area contributed by atoms with Crippen molar-refractivity contribution in [2.45, 2.75) is 25.8 Å². The van der Waals surface area contributed by atoms with Gasteiger partial charge in [0.1, 0.15) is 11.5 Å². The van der Waals surface area contributed by atoms with Crippen LogP contribution >= 0.6 is 0 Å². The van der Waals surface area contributed by atoms with Gasteiger partial charge in [-0.15, -0.1) is 0 Å². The van der Waals surface area contributed by atoms with Crippen LogP contribution in [-0.2, 0) is 0 Å². The molecule has 0 aromatic heterocycles. The zero-order valence-corrected chi connectivity index (χ0v) is 10.3. The van der Waals surface area contributed by atoms with E-state index in [1.54, 1.807) is 4.90 Å². The smallest absolute Gasteiger partial charge is 0.152 e. The van der Waals surface area contributed by atoms with Crippen molar-refractivity contribution < 1.29 is 13.2 Å². The van der Waals surface area contributed by atoms with E-state index in [1.165, 1.54) is 0 Å². The zero-order valence-electron chi connectivity index (χ0n) is 10.3. The summed E-state index contributed by atoms with van der Waals surface area (Å²) in [5.41, 5.74) is -0.106. The summed E-state index contributed by atoms with van der Waals surface area (Å²) in [4.78, 5) is 1.67. The molecule has 0 spiro atoms. The summed E-state index contributed by atoms with van der Waals surface area (Å²) < 4.78 is 40.3. The second-order valence-electron chi connectivity index (χ2n) is 4.70. The number of benzene rings is 1. The monoisotopic (exact) mass is 258 g/mol. The van der Waals surface area contributed by atoms with Crippen molar-refractivity contribution in [2.24, 2.45) is 0 Å². The van der Waals surface area contributed by atoms with Gasteiger partial charge in [0.25, 0.3) is 0 Å². The van der Waals surface area contributed by atoms with Crippen LogP contribution in [0.2, 0.25) is 0 Å². The predicted molar refractivity (Wildman–Crippen MR) is 65.2 cm³/mol. The highest BCUT2D eigenvalue weighted by Crippen LogP contribution is 2.25. The maximum absolute atomic E-state index is 13.7. The molecule has 1 fully saturated rings. The van der Waals surface area contributed by atoms with E-state index in [2.05, 4.69) is 5.32 Å². The van der Waals surface area contributed by atoms with Crippen molar-refractivity contribution in [1.29, 1.82) is 0 Å². The molecule has 0 amide bonds. The van der Waals surface area contributed by atoms with E-state index in [-0.39, 0.29) is 5.69 Å². The first-order valence-electron chi connectivity index (χ1n) is 6.21. The zero-order chi connectivity index (χ0) is 13.1. The van der Waals surface area contributed by atoms with Crippen molar-refractivity contribution in [3.05, 3.63) is 29.6 Å². The average Bonchev–Trinajstić information content (AvgIpc) is 2.26. The molecule has 1 aromatic carbocycles. The van der Waals surface area contributed by atoms with Crippen LogP contribution in [0.25, 0.3) is 0 Å². The standard InChI is InChI=1S/C13H17F3N2/c1-9-3-6-18(5-2-4-17-9)13-11(15)7-10(14)8-12(13)16/h7-9,17H,2-6H2,1H3. The molecule has 1 heterocycles. The molecule has 1 N–H and O–H groups in total. The minimum absolute atomic E-state index is 0.106. The minimum Gasteiger partial charge on any atom is -0.367 e. The summed E-state index contributed by atoms with van der Waals surface area (Å²) in [6.45, 7) is 4.00. The molecule has 2 rings (SSSR count). The molecule has 2 nitrogen and oxygen atoms in total. The Morgan fingerprint density at radius 2 is 1.83 bits per heavy atom. The molecule has 100 valence electrons. The molecule has 1 aromatic rings. The number of anilines is 1. The molecule has 1 atom stereocenters. The third-order valence-electron chi connectivity index (χ3n) is 3.23. The highest BCUT2D eigenvalue weighted by atomic mass is 19.1. The van der Waals surface area contributed by atoms with E-state index in [0.717, 1.165) is 31.5 Å². The Hall–Kier alpha value is -1.23. The number of nitrogens with zero attached hydrogens (tertiary/aromatic N) is 1. The molecule has 0 bridgehead atoms. The van der Waals surface area contributed by atoms with E-state index in [9.17, 15) is 13.2 Å². The minimum atomic E-state index is -0.879. The summed E-state index contributed by atoms with van der Waals surface area (Å²) in [7, 11) is 0. The molecule has 1 aliphatic heterocycles. The first-order chi connectivity index (χ1) is 8.58. The Labute approximate surface area is 105 Å². The normalized spacial score (nSPS) is 21.6. The van der Waals surface area contributed by atoms with Gasteiger partial charge < -0.3 is 10.2 Å². The quantitative estimate of drug-likeness (QED) is 0.833. The largest absolute Gasteiger partial charge is 0.367 e. The average molecular weight is 258 g/mol. The lowest BCUT2D eigenvalue weighted by atomic mass is 10.1. The molecule has 18 heavy (non-hydrogen) atoms. The lowest BCUT2D eigenvalue weighted by molar-refractivity contribution is 0.464. The Bertz CT molecular complexity index is 400. The molecule has 0 saturated carbocycles. The van der Waals surface area contributed by atoms with Gasteiger partial charge in [-0.05, 0) is 26.3 Å². The van der Waals surface area contributed by atoms with Crippen LogP contribution in [0.1, 0.15) is 19.8 Å². The number of halogens is 3. The summed E-state index contributed by atoms with van der Waals surface area (Å²) in [6, 6.07) is 1.79. The van der Waals surface area contributed by atoms with E-state index in [1.807, 2.05) is 6.92 Å². The number of hydrogen-bond acceptors (Lipinski definition) is 2. The van der Waals surface area contributed by atoms with Crippen molar-refractivity contribution in [3.8, 4) is 0 Å². The summed E-state index contributed by atoms with van der Waals surface area (Å²) in [5.74, 6) is -2.53. The molecule has 1 unspecified atom stereocenters. The van der Waals surface area contributed by atoms with Crippen LogP contribution in [0.4, 0.5) is 18.9 Å². The number of nitrogens with one attached hydrogen (secondary N) is 1. The number of rotatable bonds is 1. The van der Waals surface area contributed by atoms with E-state index < -0.39 is 17.5 Å². The maximum Gasteiger partial charge on any atom is 0.152 e. The molecule has 0 aliphatic carbocycles. The molecular formula is C13H17F3N2. The highest BCUT2D eigenvalue weighted by Gasteiger charge is 2.20. The van der Waals surface area contributed by atoms with E-state index >= 15 is 0 Å². The molecule has 1 aliphatic rings. The van der Waals surface area contributed by atoms with Gasteiger partial charge in [-0.2, -0.15) is 0 Å². The van der Waals surface area contributed by atoms with E-state index in [0.29, 0.717) is 19.1 Å². The van der Waals surface area contributed by atoms with Gasteiger partial charge in [0, 0.05) is 31.3 Å². The second-order valence-corrected chi connectivity index (χ2v) is 4.70. The van der Waals surface area contributed by atoms with Gasteiger partial charge >= 0.3 is 0 Å². The van der Waals surface area contributed by atoms with Crippen LogP contribution in [0.15, 0.2) is 12.1 Å². The topological polar surface area (TPSA) is 15.3 Å². The van der Waals surface area contributed by atoms with Gasteiger partial charge in [0.15, 0.2) is 11.6 Å². The van der Waals surface area contributed by atoms with Crippen molar-refractivity contribution >= 4 is 5.69 Å². The summed E-state index contributed by atoms with van der Waals surface area (Å²) in [5, 5.41) is 3.32. The predicted octanol–water partition coefficient (Wildman–Crippen LogP) is 2.68. The van der Waals surface area contributed by atoms with Crippen LogP contribution in [0.5, 0.6) is 0 Å². The Balaban J connectivity index is 2.23. The fourth-order valence-electron chi connectivity index (χ4n) is 2.24. The van der Waals surface area contributed by atoms with Crippen LogP contribution in [0, 0.1) is 17.5 Å². The van der Waals surface area contributed by atoms with Gasteiger partial charge in [-0.25, -0.2) is 13.2 Å². The van der Waals surface area contributed by atoms with Crippen LogP contribution in [-0.4, -0.2) is 25.7 Å². The third kappa shape index (κ3) is 2.96. The van der Waals surface area contributed by atoms with Crippen molar-refractivity contribution in [3.63, 3.8) is 0 Å². The lowest BCUT2D eigenvalue weighted by Gasteiger charge is -2.30. The lowest BCUT2D eigenvalue weighted by Crippen LogP contribution is -2.39. The van der Waals surface area contributed by atoms with Crippen LogP contribution in [0.3, 0.4) is 0 Å². The third-order valence-corrected chi connectivity index (χ3v) is 3.23. The summed E-state index contributed by atoms with van der Waals surface area (Å²) in [6.07, 6.45) is 1.61. The Morgan fingerprint density at radius 1 is 1.17 bits per heavy atom. The molecule has 1 saturated heterocycles. The first kappa shape index (κ1) is 13.2. The Kier molecular flexibility index (Phi) is 4.11. The van der Waals surface area contributed by atoms with Crippen LogP contribution < -0.4 is 10.2 Å². The van der Waals surface area contributed by atoms with Gasteiger partial charge in [-0.1, -0.05) is 0 Å². The van der Waals surface area contributed by atoms with Gasteiger partial charge in [-0.3, -0.25) is 0 Å².